The van der Waals surface area contributed by atoms with Crippen molar-refractivity contribution in [1.82, 2.24) is 4.98 Å². The van der Waals surface area contributed by atoms with Crippen molar-refractivity contribution in [3.63, 3.8) is 0 Å². The zero-order valence-corrected chi connectivity index (χ0v) is 19.7. The summed E-state index contributed by atoms with van der Waals surface area (Å²) in [6, 6.07) is 2.60. The molecule has 1 N–H and O–H groups in total. The minimum Gasteiger partial charge on any atom is -0.496 e. The van der Waals surface area contributed by atoms with E-state index in [0.29, 0.717) is 23.7 Å². The molecule has 0 unspecified atom stereocenters. The normalized spacial score (nSPS) is 16.6. The van der Waals surface area contributed by atoms with Crippen LogP contribution in [0.15, 0.2) is 74.7 Å². The van der Waals surface area contributed by atoms with E-state index in [2.05, 4.69) is 16.9 Å². The number of oxazole rings is 1. The maximum Gasteiger partial charge on any atom is 0.298 e. The van der Waals surface area contributed by atoms with Gasteiger partial charge in [0.2, 0.25) is 5.89 Å². The lowest BCUT2D eigenvalue weighted by atomic mass is 9.98. The molecule has 0 bridgehead atoms. The summed E-state index contributed by atoms with van der Waals surface area (Å²) >= 11 is 0. The Bertz CT molecular complexity index is 1280. The van der Waals surface area contributed by atoms with Crippen molar-refractivity contribution in [2.24, 2.45) is 4.99 Å². The monoisotopic (exact) mass is 470 g/mol. The number of nitrogens with zero attached hydrogens (tertiary/aromatic N) is 2. The molecule has 1 aromatic carbocycles. The number of ether oxygens (including phenoxy) is 2. The van der Waals surface area contributed by atoms with Gasteiger partial charge in [0.15, 0.2) is 5.76 Å². The molecule has 1 aromatic heterocycles. The van der Waals surface area contributed by atoms with E-state index in [1.54, 1.807) is 0 Å². The van der Waals surface area contributed by atoms with Gasteiger partial charge in [-0.1, -0.05) is 37.3 Å². The summed E-state index contributed by atoms with van der Waals surface area (Å²) in [5, 5.41) is 0. The Hall–Kier alpha value is -3.43. The number of allylic oxidation sites excluding steroid dienone is 8. The lowest BCUT2D eigenvalue weighted by Crippen LogP contribution is -2.04. The van der Waals surface area contributed by atoms with E-state index in [1.165, 1.54) is 32.5 Å². The molecule has 0 saturated heterocycles. The van der Waals surface area contributed by atoms with Crippen LogP contribution in [0, 0.1) is 0 Å². The highest BCUT2D eigenvalue weighted by molar-refractivity contribution is 7.86. The van der Waals surface area contributed by atoms with Crippen LogP contribution < -0.4 is 9.47 Å². The van der Waals surface area contributed by atoms with Crippen molar-refractivity contribution in [3.05, 3.63) is 66.2 Å². The molecular weight excluding hydrogens is 444 g/mol. The zero-order chi connectivity index (χ0) is 24.0. The first-order valence-corrected chi connectivity index (χ1v) is 11.7. The molecule has 1 aliphatic rings. The predicted molar refractivity (Wildman–Crippen MR) is 127 cm³/mol. The minimum atomic E-state index is -4.55. The molecule has 0 amide bonds. The fraction of sp³-hybridized carbons (Fsp3) is 0.250. The molecule has 174 valence electrons. The SMILES string of the molecule is C\C=C/C(=C1/C=CC=C/C1=N\CCC)c1ncc(-c2cc(S(=O)(=O)O)c(OC)cc2OC)o1. The molecule has 9 heteroatoms. The highest BCUT2D eigenvalue weighted by Crippen LogP contribution is 2.39. The smallest absolute Gasteiger partial charge is 0.298 e. The van der Waals surface area contributed by atoms with Crippen LogP contribution in [0.5, 0.6) is 11.5 Å². The highest BCUT2D eigenvalue weighted by Gasteiger charge is 2.24. The molecule has 0 fully saturated rings. The first-order chi connectivity index (χ1) is 15.8. The average molecular weight is 471 g/mol. The number of methoxy groups -OCH3 is 2. The Kier molecular flexibility index (Phi) is 7.67. The topological polar surface area (TPSA) is 111 Å². The van der Waals surface area contributed by atoms with E-state index >= 15 is 0 Å². The van der Waals surface area contributed by atoms with Gasteiger partial charge >= 0.3 is 0 Å². The van der Waals surface area contributed by atoms with E-state index in [-0.39, 0.29) is 11.5 Å². The molecule has 0 radical (unpaired) electrons. The maximum absolute atomic E-state index is 11.9. The number of aliphatic imine (C=N–C) groups is 1. The largest absolute Gasteiger partial charge is 0.496 e. The van der Waals surface area contributed by atoms with Gasteiger partial charge in [-0.3, -0.25) is 9.55 Å². The first kappa shape index (κ1) is 24.2. The van der Waals surface area contributed by atoms with Gasteiger partial charge in [-0.25, -0.2) is 4.98 Å². The number of benzene rings is 1. The second-order valence-electron chi connectivity index (χ2n) is 7.02. The van der Waals surface area contributed by atoms with E-state index in [9.17, 15) is 13.0 Å². The van der Waals surface area contributed by atoms with Gasteiger partial charge in [-0.15, -0.1) is 0 Å². The van der Waals surface area contributed by atoms with Gasteiger partial charge in [0, 0.05) is 23.8 Å². The second-order valence-corrected chi connectivity index (χ2v) is 8.41. The fourth-order valence-electron chi connectivity index (χ4n) is 3.30. The van der Waals surface area contributed by atoms with E-state index < -0.39 is 15.0 Å². The van der Waals surface area contributed by atoms with Crippen LogP contribution in [0.4, 0.5) is 0 Å². The summed E-state index contributed by atoms with van der Waals surface area (Å²) < 4.78 is 49.9. The van der Waals surface area contributed by atoms with Crippen LogP contribution in [-0.2, 0) is 10.1 Å². The molecule has 1 aliphatic carbocycles. The molecule has 0 atom stereocenters. The van der Waals surface area contributed by atoms with Crippen LogP contribution in [0.25, 0.3) is 16.9 Å². The number of hydrogen-bond acceptors (Lipinski definition) is 7. The molecule has 0 spiro atoms. The van der Waals surface area contributed by atoms with Gasteiger partial charge in [0.05, 0.1) is 31.7 Å². The van der Waals surface area contributed by atoms with Crippen LogP contribution in [0.2, 0.25) is 0 Å². The van der Waals surface area contributed by atoms with Crippen molar-refractivity contribution in [2.75, 3.05) is 20.8 Å². The summed E-state index contributed by atoms with van der Waals surface area (Å²) in [5.41, 5.74) is 2.70. The summed E-state index contributed by atoms with van der Waals surface area (Å²) in [5.74, 6) is 0.839. The summed E-state index contributed by atoms with van der Waals surface area (Å²) in [4.78, 5) is 8.67. The van der Waals surface area contributed by atoms with Crippen LogP contribution in [-0.4, -0.2) is 44.4 Å². The molecule has 0 saturated carbocycles. The minimum absolute atomic E-state index is 0.0505. The lowest BCUT2D eigenvalue weighted by Gasteiger charge is -2.12. The average Bonchev–Trinajstić information content (AvgIpc) is 3.29. The molecule has 3 rings (SSSR count). The summed E-state index contributed by atoms with van der Waals surface area (Å²) in [6.07, 6.45) is 13.9. The molecule has 0 aliphatic heterocycles. The van der Waals surface area contributed by atoms with Crippen molar-refractivity contribution in [1.29, 1.82) is 0 Å². The molecule has 33 heavy (non-hydrogen) atoms. The maximum atomic E-state index is 11.9. The summed E-state index contributed by atoms with van der Waals surface area (Å²) in [6.45, 7) is 4.64. The predicted octanol–water partition coefficient (Wildman–Crippen LogP) is 4.91. The first-order valence-electron chi connectivity index (χ1n) is 10.3. The number of hydrogen-bond donors (Lipinski definition) is 1. The molecular formula is C24H26N2O6S. The Labute approximate surface area is 193 Å². The van der Waals surface area contributed by atoms with Gasteiger partial charge in [-0.2, -0.15) is 8.42 Å². The van der Waals surface area contributed by atoms with Crippen molar-refractivity contribution in [3.8, 4) is 22.8 Å². The Morgan fingerprint density at radius 1 is 1.18 bits per heavy atom. The van der Waals surface area contributed by atoms with Crippen LogP contribution >= 0.6 is 0 Å². The van der Waals surface area contributed by atoms with E-state index in [4.69, 9.17) is 13.9 Å². The van der Waals surface area contributed by atoms with Crippen molar-refractivity contribution in [2.45, 2.75) is 25.2 Å². The van der Waals surface area contributed by atoms with Gasteiger partial charge in [-0.05, 0) is 25.5 Å². The van der Waals surface area contributed by atoms with Gasteiger partial charge in [0.1, 0.15) is 16.4 Å². The molecule has 1 heterocycles. The number of aromatic nitrogens is 1. The van der Waals surface area contributed by atoms with E-state index in [1.807, 2.05) is 43.4 Å². The van der Waals surface area contributed by atoms with Crippen LogP contribution in [0.1, 0.15) is 26.2 Å². The quantitative estimate of drug-likeness (QED) is 0.546. The van der Waals surface area contributed by atoms with Crippen molar-refractivity contribution < 1.29 is 26.9 Å². The third-order valence-electron chi connectivity index (χ3n) is 4.80. The Morgan fingerprint density at radius 2 is 1.91 bits per heavy atom. The Balaban J connectivity index is 2.18. The number of rotatable bonds is 8. The lowest BCUT2D eigenvalue weighted by molar-refractivity contribution is 0.383. The third kappa shape index (κ3) is 5.32. The summed E-state index contributed by atoms with van der Waals surface area (Å²) in [7, 11) is -1.81. The zero-order valence-electron chi connectivity index (χ0n) is 18.9. The Morgan fingerprint density at radius 3 is 2.55 bits per heavy atom. The van der Waals surface area contributed by atoms with Gasteiger partial charge in [0.25, 0.3) is 10.1 Å². The third-order valence-corrected chi connectivity index (χ3v) is 5.67. The standard InChI is InChI=1S/C24H26N2O6S/c1-5-9-17(16-10-7-8-11-19(16)25-12-6-2)24-26-15-22(32-24)18-13-23(33(27,28)29)21(31-4)14-20(18)30-3/h5,7-11,13-15H,6,12H2,1-4H3,(H,27,28,29)/b9-5-,17-16+,25-19+. The fourth-order valence-corrected chi connectivity index (χ4v) is 3.96. The molecule has 8 nitrogen and oxygen atoms in total. The van der Waals surface area contributed by atoms with Crippen LogP contribution in [0.3, 0.4) is 0 Å². The van der Waals surface area contributed by atoms with Crippen molar-refractivity contribution >= 4 is 21.4 Å². The molecule has 2 aromatic rings. The second kappa shape index (κ2) is 10.5. The highest BCUT2D eigenvalue weighted by atomic mass is 32.2. The van der Waals surface area contributed by atoms with Gasteiger partial charge < -0.3 is 13.9 Å². The van der Waals surface area contributed by atoms with E-state index in [0.717, 1.165) is 23.3 Å².